The van der Waals surface area contributed by atoms with Crippen LogP contribution < -0.4 is 0 Å². The molecule has 0 fully saturated rings. The molecule has 2 N–H and O–H groups in total. The van der Waals surface area contributed by atoms with Crippen molar-refractivity contribution in [1.29, 1.82) is 0 Å². The highest BCUT2D eigenvalue weighted by Gasteiger charge is 2.15. The molecule has 2 aromatic carbocycles. The number of ketones is 2. The Bertz CT molecular complexity index is 776. The Kier molecular flexibility index (Phi) is 6.06. The number of halogens is 2. The second kappa shape index (κ2) is 7.87. The SMILES string of the molecule is CC(=O)c1cc(Cl)cc(COCc2cc(Cl)cc(C(C)=O)c2O)c1O. The number of Topliss-reactive ketones (excluding diaryl/α,β-unsaturated/α-hetero) is 2. The van der Waals surface area contributed by atoms with E-state index in [-0.39, 0.29) is 47.4 Å². The summed E-state index contributed by atoms with van der Waals surface area (Å²) >= 11 is 11.9. The van der Waals surface area contributed by atoms with Gasteiger partial charge in [0.05, 0.1) is 24.3 Å². The predicted molar refractivity (Wildman–Crippen MR) is 94.7 cm³/mol. The molecule has 0 aliphatic heterocycles. The van der Waals surface area contributed by atoms with Crippen LogP contribution in [0.1, 0.15) is 45.7 Å². The lowest BCUT2D eigenvalue weighted by atomic mass is 10.1. The molecular formula is C18H16Cl2O5. The van der Waals surface area contributed by atoms with Gasteiger partial charge in [-0.25, -0.2) is 0 Å². The molecule has 0 spiro atoms. The van der Waals surface area contributed by atoms with Gasteiger partial charge in [-0.1, -0.05) is 23.2 Å². The van der Waals surface area contributed by atoms with Gasteiger partial charge in [-0.05, 0) is 38.1 Å². The van der Waals surface area contributed by atoms with Gasteiger partial charge in [0.25, 0.3) is 0 Å². The van der Waals surface area contributed by atoms with Crippen molar-refractivity contribution in [2.45, 2.75) is 27.1 Å². The fourth-order valence-electron chi connectivity index (χ4n) is 2.34. The van der Waals surface area contributed by atoms with Crippen molar-refractivity contribution in [3.8, 4) is 11.5 Å². The number of carbonyl (C=O) groups excluding carboxylic acids is 2. The number of phenols is 2. The third kappa shape index (κ3) is 4.51. The summed E-state index contributed by atoms with van der Waals surface area (Å²) in [7, 11) is 0. The van der Waals surface area contributed by atoms with Crippen molar-refractivity contribution in [3.05, 3.63) is 56.6 Å². The number of phenolic OH excluding ortho intramolecular Hbond substituents is 2. The maximum atomic E-state index is 11.5. The van der Waals surface area contributed by atoms with Crippen LogP contribution in [0.2, 0.25) is 10.0 Å². The van der Waals surface area contributed by atoms with Gasteiger partial charge in [-0.15, -0.1) is 0 Å². The largest absolute Gasteiger partial charge is 0.507 e. The minimum Gasteiger partial charge on any atom is -0.507 e. The number of rotatable bonds is 6. The van der Waals surface area contributed by atoms with E-state index in [1.54, 1.807) is 0 Å². The smallest absolute Gasteiger partial charge is 0.163 e. The summed E-state index contributed by atoms with van der Waals surface area (Å²) < 4.78 is 5.49. The van der Waals surface area contributed by atoms with E-state index in [4.69, 9.17) is 27.9 Å². The van der Waals surface area contributed by atoms with Gasteiger partial charge in [0.1, 0.15) is 11.5 Å². The van der Waals surface area contributed by atoms with E-state index in [0.717, 1.165) is 0 Å². The van der Waals surface area contributed by atoms with Gasteiger partial charge in [0, 0.05) is 21.2 Å². The number of carbonyl (C=O) groups is 2. The summed E-state index contributed by atoms with van der Waals surface area (Å²) in [5.74, 6) is -1.03. The van der Waals surface area contributed by atoms with Gasteiger partial charge < -0.3 is 14.9 Å². The third-order valence-electron chi connectivity index (χ3n) is 3.58. The molecule has 0 saturated heterocycles. The zero-order valence-electron chi connectivity index (χ0n) is 13.6. The first-order chi connectivity index (χ1) is 11.7. The molecule has 0 bridgehead atoms. The lowest BCUT2D eigenvalue weighted by Gasteiger charge is -2.12. The molecule has 0 unspecified atom stereocenters. The topological polar surface area (TPSA) is 83.8 Å². The molecule has 2 aromatic rings. The van der Waals surface area contributed by atoms with Crippen LogP contribution in [0, 0.1) is 0 Å². The van der Waals surface area contributed by atoms with Crippen molar-refractivity contribution in [2.24, 2.45) is 0 Å². The molecule has 0 aromatic heterocycles. The van der Waals surface area contributed by atoms with Crippen LogP contribution in [-0.2, 0) is 18.0 Å². The number of ether oxygens (including phenoxy) is 1. The Balaban J connectivity index is 2.20. The zero-order chi connectivity index (χ0) is 18.7. The Labute approximate surface area is 154 Å². The van der Waals surface area contributed by atoms with Gasteiger partial charge >= 0.3 is 0 Å². The van der Waals surface area contributed by atoms with E-state index in [9.17, 15) is 19.8 Å². The predicted octanol–water partition coefficient (Wildman–Crippen LogP) is 4.53. The number of hydrogen-bond donors (Lipinski definition) is 2. The van der Waals surface area contributed by atoms with Crippen LogP contribution in [0.15, 0.2) is 24.3 Å². The molecule has 0 aliphatic rings. The summed E-state index contributed by atoms with van der Waals surface area (Å²) in [5.41, 5.74) is 0.892. The first-order valence-corrected chi connectivity index (χ1v) is 8.08. The van der Waals surface area contributed by atoms with Crippen molar-refractivity contribution in [3.63, 3.8) is 0 Å². The van der Waals surface area contributed by atoms with Crippen LogP contribution in [0.4, 0.5) is 0 Å². The van der Waals surface area contributed by atoms with Crippen molar-refractivity contribution in [1.82, 2.24) is 0 Å². The van der Waals surface area contributed by atoms with E-state index in [1.807, 2.05) is 0 Å². The molecule has 2 rings (SSSR count). The Morgan fingerprint density at radius 1 is 0.840 bits per heavy atom. The molecule has 0 aliphatic carbocycles. The molecule has 0 heterocycles. The minimum absolute atomic E-state index is 0.0476. The molecule has 0 radical (unpaired) electrons. The average molecular weight is 383 g/mol. The maximum absolute atomic E-state index is 11.5. The number of aromatic hydroxyl groups is 2. The normalized spacial score (nSPS) is 10.7. The van der Waals surface area contributed by atoms with E-state index in [1.165, 1.54) is 38.1 Å². The van der Waals surface area contributed by atoms with Gasteiger partial charge in [0.15, 0.2) is 11.6 Å². The Morgan fingerprint density at radius 2 is 1.20 bits per heavy atom. The molecule has 132 valence electrons. The third-order valence-corrected chi connectivity index (χ3v) is 4.02. The monoisotopic (exact) mass is 382 g/mol. The van der Waals surface area contributed by atoms with Crippen LogP contribution in [-0.4, -0.2) is 21.8 Å². The fourth-order valence-corrected chi connectivity index (χ4v) is 2.82. The summed E-state index contributed by atoms with van der Waals surface area (Å²) in [6.07, 6.45) is 0. The summed E-state index contributed by atoms with van der Waals surface area (Å²) in [6.45, 7) is 2.55. The fraction of sp³-hybridized carbons (Fsp3) is 0.222. The van der Waals surface area contributed by atoms with Crippen LogP contribution in [0.25, 0.3) is 0 Å². The summed E-state index contributed by atoms with van der Waals surface area (Å²) in [4.78, 5) is 23.0. The van der Waals surface area contributed by atoms with Gasteiger partial charge in [-0.3, -0.25) is 9.59 Å². The van der Waals surface area contributed by atoms with E-state index in [0.29, 0.717) is 21.2 Å². The zero-order valence-corrected chi connectivity index (χ0v) is 15.1. The minimum atomic E-state index is -0.320. The van der Waals surface area contributed by atoms with Crippen LogP contribution in [0.3, 0.4) is 0 Å². The Hall–Kier alpha value is -2.08. The quantitative estimate of drug-likeness (QED) is 0.717. The summed E-state index contributed by atoms with van der Waals surface area (Å²) in [5, 5.41) is 20.8. The molecule has 7 heteroatoms. The molecule has 5 nitrogen and oxygen atoms in total. The first kappa shape index (κ1) is 19.2. The second-order valence-corrected chi connectivity index (χ2v) is 6.40. The molecule has 0 atom stereocenters. The van der Waals surface area contributed by atoms with Gasteiger partial charge in [0.2, 0.25) is 0 Å². The van der Waals surface area contributed by atoms with Crippen molar-refractivity contribution >= 4 is 34.8 Å². The van der Waals surface area contributed by atoms with Crippen molar-refractivity contribution in [2.75, 3.05) is 0 Å². The maximum Gasteiger partial charge on any atom is 0.163 e. The van der Waals surface area contributed by atoms with Crippen LogP contribution >= 0.6 is 23.2 Å². The number of hydrogen-bond acceptors (Lipinski definition) is 5. The average Bonchev–Trinajstić information content (AvgIpc) is 2.52. The lowest BCUT2D eigenvalue weighted by molar-refractivity contribution is 0.0998. The highest BCUT2D eigenvalue weighted by Crippen LogP contribution is 2.31. The van der Waals surface area contributed by atoms with Crippen LogP contribution in [0.5, 0.6) is 11.5 Å². The highest BCUT2D eigenvalue weighted by molar-refractivity contribution is 6.31. The molecular weight excluding hydrogens is 367 g/mol. The summed E-state index contributed by atoms with van der Waals surface area (Å²) in [6, 6.07) is 5.74. The van der Waals surface area contributed by atoms with E-state index < -0.39 is 0 Å². The van der Waals surface area contributed by atoms with E-state index in [2.05, 4.69) is 0 Å². The first-order valence-electron chi connectivity index (χ1n) is 7.33. The molecule has 0 amide bonds. The highest BCUT2D eigenvalue weighted by atomic mass is 35.5. The second-order valence-electron chi connectivity index (χ2n) is 5.53. The van der Waals surface area contributed by atoms with E-state index >= 15 is 0 Å². The standard InChI is InChI=1S/C18H16Cl2O5/c1-9(21)15-5-13(19)3-11(17(15)23)7-25-8-12-4-14(20)6-16(10(2)22)18(12)24/h3-6,23-24H,7-8H2,1-2H3. The van der Waals surface area contributed by atoms with Gasteiger partial charge in [-0.2, -0.15) is 0 Å². The number of benzene rings is 2. The lowest BCUT2D eigenvalue weighted by Crippen LogP contribution is -2.01. The molecule has 0 saturated carbocycles. The van der Waals surface area contributed by atoms with Crippen molar-refractivity contribution < 1.29 is 24.5 Å². The Morgan fingerprint density at radius 3 is 1.52 bits per heavy atom. The molecule has 25 heavy (non-hydrogen) atoms.